The summed E-state index contributed by atoms with van der Waals surface area (Å²) in [6.45, 7) is 3.75. The van der Waals surface area contributed by atoms with Gasteiger partial charge in [-0.15, -0.1) is 0 Å². The fourth-order valence-electron chi connectivity index (χ4n) is 3.78. The number of carbonyl (C=O) groups is 1. The average Bonchev–Trinajstić information content (AvgIpc) is 3.06. The van der Waals surface area contributed by atoms with Crippen LogP contribution >= 0.6 is 11.6 Å². The zero-order valence-electron chi connectivity index (χ0n) is 16.6. The standard InChI is InChI=1S/C23H21ClN2O3S/c1-15-12-19(24)9-10-21(15)25-23(27)17-8-11-22-18(14-17)13-16(2)26(22)30(28,29)20-6-4-3-5-7-20/h3-12,14,16H,13H2,1-2H3,(H,25,27)/t16-/m0/s1. The Labute approximate surface area is 181 Å². The molecule has 30 heavy (non-hydrogen) atoms. The van der Waals surface area contributed by atoms with E-state index < -0.39 is 10.0 Å². The van der Waals surface area contributed by atoms with Crippen molar-refractivity contribution < 1.29 is 13.2 Å². The van der Waals surface area contributed by atoms with E-state index >= 15 is 0 Å². The molecule has 0 aromatic heterocycles. The molecule has 1 N–H and O–H groups in total. The summed E-state index contributed by atoms with van der Waals surface area (Å²) >= 11 is 5.98. The van der Waals surface area contributed by atoms with Crippen molar-refractivity contribution in [2.45, 2.75) is 31.2 Å². The highest BCUT2D eigenvalue weighted by Crippen LogP contribution is 2.37. The van der Waals surface area contributed by atoms with Crippen LogP contribution in [-0.4, -0.2) is 20.4 Å². The second-order valence-corrected chi connectivity index (χ2v) is 9.68. The number of fused-ring (bicyclic) bond motifs is 1. The molecular formula is C23H21ClN2O3S. The highest BCUT2D eigenvalue weighted by Gasteiger charge is 2.36. The van der Waals surface area contributed by atoms with E-state index in [2.05, 4.69) is 5.32 Å². The Hall–Kier alpha value is -2.83. The zero-order chi connectivity index (χ0) is 21.5. The van der Waals surface area contributed by atoms with E-state index in [1.807, 2.05) is 13.8 Å². The van der Waals surface area contributed by atoms with Crippen LogP contribution in [0.3, 0.4) is 0 Å². The predicted octanol–water partition coefficient (Wildman–Crippen LogP) is 5.04. The van der Waals surface area contributed by atoms with Gasteiger partial charge in [0.2, 0.25) is 0 Å². The molecule has 1 atom stereocenters. The minimum Gasteiger partial charge on any atom is -0.322 e. The minimum atomic E-state index is -3.67. The van der Waals surface area contributed by atoms with Crippen LogP contribution in [0.2, 0.25) is 5.02 Å². The number of nitrogens with one attached hydrogen (secondary N) is 1. The molecule has 0 unspecified atom stereocenters. The van der Waals surface area contributed by atoms with Gasteiger partial charge >= 0.3 is 0 Å². The lowest BCUT2D eigenvalue weighted by Crippen LogP contribution is -2.35. The molecule has 0 radical (unpaired) electrons. The van der Waals surface area contributed by atoms with E-state index in [0.29, 0.717) is 28.4 Å². The summed E-state index contributed by atoms with van der Waals surface area (Å²) in [7, 11) is -3.67. The monoisotopic (exact) mass is 440 g/mol. The first-order valence-corrected chi connectivity index (χ1v) is 11.4. The number of nitrogens with zero attached hydrogens (tertiary/aromatic N) is 1. The Morgan fingerprint density at radius 1 is 1.07 bits per heavy atom. The number of aryl methyl sites for hydroxylation is 1. The van der Waals surface area contributed by atoms with Crippen molar-refractivity contribution in [2.24, 2.45) is 0 Å². The van der Waals surface area contributed by atoms with Gasteiger partial charge in [-0.1, -0.05) is 29.8 Å². The molecule has 0 saturated heterocycles. The number of halogens is 1. The molecule has 3 aromatic carbocycles. The third-order valence-corrected chi connectivity index (χ3v) is 7.41. The summed E-state index contributed by atoms with van der Waals surface area (Å²) in [5.74, 6) is -0.250. The molecular weight excluding hydrogens is 420 g/mol. The molecule has 3 aromatic rings. The van der Waals surface area contributed by atoms with Crippen molar-refractivity contribution >= 4 is 38.9 Å². The fraction of sp³-hybridized carbons (Fsp3) is 0.174. The van der Waals surface area contributed by atoms with Gasteiger partial charge in [-0.2, -0.15) is 0 Å². The maximum Gasteiger partial charge on any atom is 0.264 e. The molecule has 5 nitrogen and oxygen atoms in total. The van der Waals surface area contributed by atoms with Crippen LogP contribution in [0.5, 0.6) is 0 Å². The number of anilines is 2. The second kappa shape index (κ2) is 7.78. The number of hydrogen-bond acceptors (Lipinski definition) is 3. The van der Waals surface area contributed by atoms with Crippen LogP contribution in [0.4, 0.5) is 11.4 Å². The summed E-state index contributed by atoms with van der Waals surface area (Å²) in [5, 5.41) is 3.50. The Morgan fingerprint density at radius 2 is 1.80 bits per heavy atom. The Kier molecular flexibility index (Phi) is 5.30. The number of amides is 1. The average molecular weight is 441 g/mol. The molecule has 154 valence electrons. The molecule has 1 amide bonds. The molecule has 0 aliphatic carbocycles. The lowest BCUT2D eigenvalue weighted by Gasteiger charge is -2.24. The Morgan fingerprint density at radius 3 is 2.50 bits per heavy atom. The van der Waals surface area contributed by atoms with Gasteiger partial charge in [0.15, 0.2) is 0 Å². The Balaban J connectivity index is 1.63. The van der Waals surface area contributed by atoms with Crippen LogP contribution < -0.4 is 9.62 Å². The van der Waals surface area contributed by atoms with Gasteiger partial charge in [0, 0.05) is 22.3 Å². The SMILES string of the molecule is Cc1cc(Cl)ccc1NC(=O)c1ccc2c(c1)C[C@H](C)N2S(=O)(=O)c1ccccc1. The summed E-state index contributed by atoms with van der Waals surface area (Å²) in [4.78, 5) is 13.0. The zero-order valence-corrected chi connectivity index (χ0v) is 18.2. The molecule has 0 saturated carbocycles. The maximum absolute atomic E-state index is 13.2. The third-order valence-electron chi connectivity index (χ3n) is 5.23. The molecule has 0 bridgehead atoms. The maximum atomic E-state index is 13.2. The highest BCUT2D eigenvalue weighted by atomic mass is 35.5. The second-order valence-electron chi connectivity index (χ2n) is 7.42. The smallest absolute Gasteiger partial charge is 0.264 e. The van der Waals surface area contributed by atoms with Gasteiger partial charge in [-0.05, 0) is 79.9 Å². The highest BCUT2D eigenvalue weighted by molar-refractivity contribution is 7.92. The first kappa shape index (κ1) is 20.4. The number of hydrogen-bond donors (Lipinski definition) is 1. The van der Waals surface area contributed by atoms with Crippen LogP contribution in [-0.2, 0) is 16.4 Å². The number of rotatable bonds is 4. The first-order chi connectivity index (χ1) is 14.3. The number of carbonyl (C=O) groups excluding carboxylic acids is 1. The summed E-state index contributed by atoms with van der Waals surface area (Å²) in [6, 6.07) is 18.6. The third kappa shape index (κ3) is 3.68. The molecule has 1 aliphatic rings. The van der Waals surface area contributed by atoms with E-state index in [-0.39, 0.29) is 16.8 Å². The summed E-state index contributed by atoms with van der Waals surface area (Å²) < 4.78 is 27.8. The van der Waals surface area contributed by atoms with E-state index in [1.54, 1.807) is 66.7 Å². The summed E-state index contributed by atoms with van der Waals surface area (Å²) in [6.07, 6.45) is 0.544. The van der Waals surface area contributed by atoms with Crippen LogP contribution in [0.15, 0.2) is 71.6 Å². The summed E-state index contributed by atoms with van der Waals surface area (Å²) in [5.41, 5.74) is 3.49. The number of sulfonamides is 1. The van der Waals surface area contributed by atoms with E-state index in [0.717, 1.165) is 11.1 Å². The van der Waals surface area contributed by atoms with E-state index in [1.165, 1.54) is 4.31 Å². The molecule has 0 fully saturated rings. The minimum absolute atomic E-state index is 0.234. The Bertz CT molecular complexity index is 1230. The quantitative estimate of drug-likeness (QED) is 0.618. The van der Waals surface area contributed by atoms with Gasteiger partial charge in [0.05, 0.1) is 10.6 Å². The van der Waals surface area contributed by atoms with E-state index in [9.17, 15) is 13.2 Å². The van der Waals surface area contributed by atoms with Crippen molar-refractivity contribution in [2.75, 3.05) is 9.62 Å². The van der Waals surface area contributed by atoms with Gasteiger partial charge in [0.1, 0.15) is 0 Å². The van der Waals surface area contributed by atoms with Crippen LogP contribution in [0.1, 0.15) is 28.4 Å². The lowest BCUT2D eigenvalue weighted by molar-refractivity contribution is 0.102. The topological polar surface area (TPSA) is 66.5 Å². The van der Waals surface area contributed by atoms with Crippen molar-refractivity contribution in [1.29, 1.82) is 0 Å². The normalized spacial score (nSPS) is 15.7. The molecule has 0 spiro atoms. The van der Waals surface area contributed by atoms with Gasteiger partial charge in [-0.3, -0.25) is 9.10 Å². The molecule has 1 heterocycles. The van der Waals surface area contributed by atoms with Crippen LogP contribution in [0.25, 0.3) is 0 Å². The van der Waals surface area contributed by atoms with Gasteiger partial charge < -0.3 is 5.32 Å². The van der Waals surface area contributed by atoms with Crippen molar-refractivity contribution in [3.8, 4) is 0 Å². The van der Waals surface area contributed by atoms with Gasteiger partial charge in [0.25, 0.3) is 15.9 Å². The molecule has 4 rings (SSSR count). The predicted molar refractivity (Wildman–Crippen MR) is 120 cm³/mol. The molecule has 1 aliphatic heterocycles. The van der Waals surface area contributed by atoms with Gasteiger partial charge in [-0.25, -0.2) is 8.42 Å². The van der Waals surface area contributed by atoms with Crippen molar-refractivity contribution in [3.05, 3.63) is 88.4 Å². The van der Waals surface area contributed by atoms with E-state index in [4.69, 9.17) is 11.6 Å². The first-order valence-electron chi connectivity index (χ1n) is 9.57. The number of benzene rings is 3. The fourth-order valence-corrected chi connectivity index (χ4v) is 5.72. The van der Waals surface area contributed by atoms with Crippen molar-refractivity contribution in [3.63, 3.8) is 0 Å². The van der Waals surface area contributed by atoms with Crippen molar-refractivity contribution in [1.82, 2.24) is 0 Å². The largest absolute Gasteiger partial charge is 0.322 e. The van der Waals surface area contributed by atoms with Crippen LogP contribution in [0, 0.1) is 6.92 Å². The molecule has 7 heteroatoms. The lowest BCUT2D eigenvalue weighted by atomic mass is 10.1.